The van der Waals surface area contributed by atoms with Gasteiger partial charge in [-0.05, 0) is 49.7 Å². The molecule has 1 saturated heterocycles. The van der Waals surface area contributed by atoms with Crippen LogP contribution in [0.1, 0.15) is 19.4 Å². The van der Waals surface area contributed by atoms with E-state index in [1.807, 2.05) is 12.1 Å². The number of amides is 1. The molecule has 3 aromatic rings. The zero-order valence-corrected chi connectivity index (χ0v) is 19.4. The molecule has 2 aromatic heterocycles. The summed E-state index contributed by atoms with van der Waals surface area (Å²) in [4.78, 5) is 19.0. The van der Waals surface area contributed by atoms with Crippen LogP contribution in [0.4, 0.5) is 5.82 Å². The van der Waals surface area contributed by atoms with Crippen LogP contribution in [0.3, 0.4) is 0 Å². The standard InChI is InChI=1S/C22H24ClN5O3S/c1-14-11-28(12-15(2)30-14)19-8-3-16(9-24-19)10-25-20(29)13-32-22-27-26-21(31-22)17-4-6-18(23)7-5-17/h3-9,14-15H,10-13H2,1-2H3,(H,25,29). The summed E-state index contributed by atoms with van der Waals surface area (Å²) in [6, 6.07) is 11.1. The summed E-state index contributed by atoms with van der Waals surface area (Å²) in [5.74, 6) is 1.36. The molecule has 0 saturated carbocycles. The molecule has 1 fully saturated rings. The third kappa shape index (κ3) is 5.99. The minimum atomic E-state index is -0.124. The number of aromatic nitrogens is 3. The fourth-order valence-electron chi connectivity index (χ4n) is 3.43. The number of halogens is 1. The third-order valence-electron chi connectivity index (χ3n) is 4.87. The summed E-state index contributed by atoms with van der Waals surface area (Å²) in [6.07, 6.45) is 2.15. The van der Waals surface area contributed by atoms with Crippen LogP contribution in [0.25, 0.3) is 11.5 Å². The highest BCUT2D eigenvalue weighted by molar-refractivity contribution is 7.99. The number of ether oxygens (including phenoxy) is 1. The lowest BCUT2D eigenvalue weighted by atomic mass is 10.2. The Morgan fingerprint density at radius 2 is 1.91 bits per heavy atom. The number of hydrogen-bond acceptors (Lipinski definition) is 8. The lowest BCUT2D eigenvalue weighted by Crippen LogP contribution is -2.45. The number of rotatable bonds is 7. The van der Waals surface area contributed by atoms with Gasteiger partial charge in [-0.15, -0.1) is 10.2 Å². The molecule has 0 aliphatic carbocycles. The first-order chi connectivity index (χ1) is 15.5. The van der Waals surface area contributed by atoms with Crippen LogP contribution in [0, 0.1) is 0 Å². The van der Waals surface area contributed by atoms with Crippen molar-refractivity contribution in [3.63, 3.8) is 0 Å². The Hall–Kier alpha value is -2.62. The summed E-state index contributed by atoms with van der Waals surface area (Å²) in [5, 5.41) is 11.9. The molecule has 2 atom stereocenters. The molecule has 0 bridgehead atoms. The molecule has 1 amide bonds. The zero-order chi connectivity index (χ0) is 22.5. The third-order valence-corrected chi connectivity index (χ3v) is 5.94. The van der Waals surface area contributed by atoms with E-state index in [1.54, 1.807) is 30.5 Å². The Morgan fingerprint density at radius 1 is 1.16 bits per heavy atom. The largest absolute Gasteiger partial charge is 0.411 e. The second kappa shape index (κ2) is 10.3. The monoisotopic (exact) mass is 473 g/mol. The normalized spacial score (nSPS) is 18.5. The maximum Gasteiger partial charge on any atom is 0.277 e. The van der Waals surface area contributed by atoms with Gasteiger partial charge in [0.05, 0.1) is 18.0 Å². The molecule has 1 aliphatic heterocycles. The van der Waals surface area contributed by atoms with Crippen LogP contribution in [0.15, 0.2) is 52.2 Å². The molecule has 3 heterocycles. The molecule has 0 radical (unpaired) electrons. The van der Waals surface area contributed by atoms with Crippen LogP contribution in [0.5, 0.6) is 0 Å². The topological polar surface area (TPSA) is 93.4 Å². The summed E-state index contributed by atoms with van der Waals surface area (Å²) >= 11 is 7.08. The van der Waals surface area contributed by atoms with Gasteiger partial charge in [0.15, 0.2) is 0 Å². The number of nitrogens with one attached hydrogen (secondary N) is 1. The molecule has 1 aliphatic rings. The van der Waals surface area contributed by atoms with Crippen LogP contribution in [-0.2, 0) is 16.1 Å². The quantitative estimate of drug-likeness (QED) is 0.518. The van der Waals surface area contributed by atoms with E-state index in [0.717, 1.165) is 30.0 Å². The van der Waals surface area contributed by atoms with Gasteiger partial charge in [-0.2, -0.15) is 0 Å². The van der Waals surface area contributed by atoms with Crippen LogP contribution < -0.4 is 10.2 Å². The second-order valence-electron chi connectivity index (χ2n) is 7.63. The van der Waals surface area contributed by atoms with Crippen molar-refractivity contribution in [2.24, 2.45) is 0 Å². The predicted octanol–water partition coefficient (Wildman–Crippen LogP) is 3.81. The number of benzene rings is 1. The summed E-state index contributed by atoms with van der Waals surface area (Å²) in [7, 11) is 0. The van der Waals surface area contributed by atoms with Crippen molar-refractivity contribution in [2.75, 3.05) is 23.7 Å². The van der Waals surface area contributed by atoms with E-state index >= 15 is 0 Å². The molecule has 32 heavy (non-hydrogen) atoms. The highest BCUT2D eigenvalue weighted by Gasteiger charge is 2.23. The van der Waals surface area contributed by atoms with Crippen LogP contribution in [-0.4, -0.2) is 52.1 Å². The molecule has 1 N–H and O–H groups in total. The van der Waals surface area contributed by atoms with Crippen molar-refractivity contribution in [3.05, 3.63) is 53.2 Å². The molecular weight excluding hydrogens is 450 g/mol. The van der Waals surface area contributed by atoms with E-state index in [1.165, 1.54) is 11.8 Å². The average molecular weight is 474 g/mol. The Morgan fingerprint density at radius 3 is 2.59 bits per heavy atom. The van der Waals surface area contributed by atoms with Gasteiger partial charge in [0.1, 0.15) is 5.82 Å². The molecule has 168 valence electrons. The number of nitrogens with zero attached hydrogens (tertiary/aromatic N) is 4. The highest BCUT2D eigenvalue weighted by atomic mass is 35.5. The van der Waals surface area contributed by atoms with Gasteiger partial charge in [0, 0.05) is 36.4 Å². The predicted molar refractivity (Wildman–Crippen MR) is 124 cm³/mol. The van der Waals surface area contributed by atoms with Gasteiger partial charge in [-0.25, -0.2) is 4.98 Å². The number of anilines is 1. The Kier molecular flexibility index (Phi) is 7.29. The fourth-order valence-corrected chi connectivity index (χ4v) is 4.15. The van der Waals surface area contributed by atoms with Crippen molar-refractivity contribution in [3.8, 4) is 11.5 Å². The Bertz CT molecular complexity index is 1030. The molecule has 0 spiro atoms. The number of pyridine rings is 1. The highest BCUT2D eigenvalue weighted by Crippen LogP contribution is 2.24. The zero-order valence-electron chi connectivity index (χ0n) is 17.8. The Labute approximate surface area is 195 Å². The van der Waals surface area contributed by atoms with Gasteiger partial charge < -0.3 is 19.4 Å². The lowest BCUT2D eigenvalue weighted by molar-refractivity contribution is -0.118. The van der Waals surface area contributed by atoms with E-state index in [9.17, 15) is 4.79 Å². The average Bonchev–Trinajstić information content (AvgIpc) is 3.25. The van der Waals surface area contributed by atoms with E-state index in [-0.39, 0.29) is 23.9 Å². The minimum absolute atomic E-state index is 0.124. The van der Waals surface area contributed by atoms with Crippen molar-refractivity contribution in [1.82, 2.24) is 20.5 Å². The molecule has 10 heteroatoms. The summed E-state index contributed by atoms with van der Waals surface area (Å²) in [5.41, 5.74) is 1.71. The first-order valence-corrected chi connectivity index (χ1v) is 11.7. The van der Waals surface area contributed by atoms with Crippen molar-refractivity contribution in [2.45, 2.75) is 37.8 Å². The SMILES string of the molecule is CC1CN(c2ccc(CNC(=O)CSc3nnc(-c4ccc(Cl)cc4)o3)cn2)CC(C)O1. The Balaban J connectivity index is 1.23. The minimum Gasteiger partial charge on any atom is -0.411 e. The molecule has 1 aromatic carbocycles. The van der Waals surface area contributed by atoms with Gasteiger partial charge in [0.2, 0.25) is 11.8 Å². The number of thioether (sulfide) groups is 1. The van der Waals surface area contributed by atoms with Crippen LogP contribution in [0.2, 0.25) is 5.02 Å². The van der Waals surface area contributed by atoms with Crippen LogP contribution >= 0.6 is 23.4 Å². The second-order valence-corrected chi connectivity index (χ2v) is 9.00. The molecule has 8 nitrogen and oxygen atoms in total. The first-order valence-electron chi connectivity index (χ1n) is 10.3. The number of carbonyl (C=O) groups is 1. The lowest BCUT2D eigenvalue weighted by Gasteiger charge is -2.36. The molecule has 4 rings (SSSR count). The fraction of sp³-hybridized carbons (Fsp3) is 0.364. The van der Waals surface area contributed by atoms with Crippen molar-refractivity contribution >= 4 is 35.1 Å². The number of hydrogen-bond donors (Lipinski definition) is 1. The molecule has 2 unspecified atom stereocenters. The maximum absolute atomic E-state index is 12.2. The molecular formula is C22H24ClN5O3S. The van der Waals surface area contributed by atoms with Gasteiger partial charge in [0.25, 0.3) is 5.22 Å². The van der Waals surface area contributed by atoms with Gasteiger partial charge >= 0.3 is 0 Å². The van der Waals surface area contributed by atoms with E-state index in [4.69, 9.17) is 20.8 Å². The number of carbonyl (C=O) groups excluding carboxylic acids is 1. The van der Waals surface area contributed by atoms with Gasteiger partial charge in [-0.3, -0.25) is 4.79 Å². The van der Waals surface area contributed by atoms with E-state index in [2.05, 4.69) is 39.2 Å². The number of morpholine rings is 1. The van der Waals surface area contributed by atoms with Gasteiger partial charge in [-0.1, -0.05) is 29.4 Å². The van der Waals surface area contributed by atoms with E-state index in [0.29, 0.717) is 22.7 Å². The first kappa shape index (κ1) is 22.6. The maximum atomic E-state index is 12.2. The summed E-state index contributed by atoms with van der Waals surface area (Å²) in [6.45, 7) is 6.18. The summed E-state index contributed by atoms with van der Waals surface area (Å²) < 4.78 is 11.4. The van der Waals surface area contributed by atoms with Crippen molar-refractivity contribution < 1.29 is 13.9 Å². The van der Waals surface area contributed by atoms with E-state index < -0.39 is 0 Å². The van der Waals surface area contributed by atoms with Crippen molar-refractivity contribution in [1.29, 1.82) is 0 Å². The smallest absolute Gasteiger partial charge is 0.277 e.